The van der Waals surface area contributed by atoms with Crippen molar-refractivity contribution in [1.82, 2.24) is 15.8 Å². The number of hydrogen-bond donors (Lipinski definition) is 2. The summed E-state index contributed by atoms with van der Waals surface area (Å²) < 4.78 is 0. The van der Waals surface area contributed by atoms with Crippen LogP contribution in [0.25, 0.3) is 0 Å². The first-order valence-corrected chi connectivity index (χ1v) is 8.83. The third-order valence-corrected chi connectivity index (χ3v) is 4.68. The van der Waals surface area contributed by atoms with Crippen molar-refractivity contribution in [3.05, 3.63) is 63.5 Å². The monoisotopic (exact) mass is 356 g/mol. The average molecular weight is 356 g/mol. The van der Waals surface area contributed by atoms with Crippen LogP contribution in [0, 0.1) is 15.5 Å². The minimum Gasteiger partial charge on any atom is -0.375 e. The van der Waals surface area contributed by atoms with Crippen LogP contribution in [0.5, 0.6) is 0 Å². The second kappa shape index (κ2) is 7.19. The number of carbonyl (C=O) groups is 1. The Balaban J connectivity index is 1.66. The lowest BCUT2D eigenvalue weighted by Crippen LogP contribution is -2.38. The number of non-ortho nitro benzene ring substituents is 1. The van der Waals surface area contributed by atoms with Gasteiger partial charge in [0.1, 0.15) is 0 Å². The van der Waals surface area contributed by atoms with Crippen molar-refractivity contribution in [3.8, 4) is 0 Å². The quantitative estimate of drug-likeness (QED) is 0.625. The van der Waals surface area contributed by atoms with Crippen LogP contribution >= 0.6 is 0 Å². The minimum atomic E-state index is -0.487. The van der Waals surface area contributed by atoms with Crippen LogP contribution in [0.3, 0.4) is 0 Å². The SMILES string of the molecule is CC1(C)C=C(NNC(=O)c2ccc([N+](=O)[O-])cc2)C=C(N2CCCC2)C1. The second-order valence-electron chi connectivity index (χ2n) is 7.48. The van der Waals surface area contributed by atoms with Gasteiger partial charge in [-0.3, -0.25) is 25.8 Å². The van der Waals surface area contributed by atoms with Gasteiger partial charge in [-0.15, -0.1) is 0 Å². The molecule has 1 saturated heterocycles. The summed E-state index contributed by atoms with van der Waals surface area (Å²) in [7, 11) is 0. The number of amides is 1. The van der Waals surface area contributed by atoms with Gasteiger partial charge in [0.2, 0.25) is 0 Å². The molecule has 0 spiro atoms. The van der Waals surface area contributed by atoms with Crippen LogP contribution in [0.4, 0.5) is 5.69 Å². The summed E-state index contributed by atoms with van der Waals surface area (Å²) in [5.74, 6) is -0.333. The number of carbonyl (C=O) groups excluding carboxylic acids is 1. The molecule has 1 aliphatic carbocycles. The highest BCUT2D eigenvalue weighted by molar-refractivity contribution is 5.94. The first-order valence-electron chi connectivity index (χ1n) is 8.83. The molecule has 7 nitrogen and oxygen atoms in total. The van der Waals surface area contributed by atoms with E-state index in [2.05, 4.69) is 41.8 Å². The number of benzene rings is 1. The van der Waals surface area contributed by atoms with Crippen LogP contribution in [0.1, 0.15) is 43.5 Å². The van der Waals surface area contributed by atoms with E-state index in [1.807, 2.05) is 0 Å². The molecule has 2 aliphatic rings. The van der Waals surface area contributed by atoms with Gasteiger partial charge in [0.15, 0.2) is 0 Å². The number of nitrogens with zero attached hydrogens (tertiary/aromatic N) is 2. The molecule has 1 aliphatic heterocycles. The van der Waals surface area contributed by atoms with E-state index in [1.54, 1.807) is 0 Å². The van der Waals surface area contributed by atoms with Crippen molar-refractivity contribution in [2.75, 3.05) is 13.1 Å². The maximum absolute atomic E-state index is 12.3. The number of nitro groups is 1. The Kier molecular flexibility index (Phi) is 4.97. The van der Waals surface area contributed by atoms with Gasteiger partial charge in [-0.1, -0.05) is 19.9 Å². The molecule has 2 N–H and O–H groups in total. The molecule has 0 saturated carbocycles. The Labute approximate surface area is 152 Å². The molecule has 0 unspecified atom stereocenters. The van der Waals surface area contributed by atoms with E-state index in [0.29, 0.717) is 5.56 Å². The average Bonchev–Trinajstić information content (AvgIpc) is 3.13. The number of allylic oxidation sites excluding steroid dienone is 3. The largest absolute Gasteiger partial charge is 0.375 e. The molecule has 26 heavy (non-hydrogen) atoms. The zero-order valence-corrected chi connectivity index (χ0v) is 15.1. The van der Waals surface area contributed by atoms with Crippen LogP contribution < -0.4 is 10.9 Å². The van der Waals surface area contributed by atoms with E-state index in [0.717, 1.165) is 25.2 Å². The van der Waals surface area contributed by atoms with Gasteiger partial charge >= 0.3 is 0 Å². The third-order valence-electron chi connectivity index (χ3n) is 4.68. The Morgan fingerprint density at radius 3 is 2.46 bits per heavy atom. The molecule has 0 aromatic heterocycles. The summed E-state index contributed by atoms with van der Waals surface area (Å²) in [6.45, 7) is 6.53. The molecular weight excluding hydrogens is 332 g/mol. The predicted octanol–water partition coefficient (Wildman–Crippen LogP) is 3.12. The molecule has 1 heterocycles. The minimum absolute atomic E-state index is 0.00704. The maximum Gasteiger partial charge on any atom is 0.269 e. The first-order chi connectivity index (χ1) is 12.3. The number of nitrogens with one attached hydrogen (secondary N) is 2. The fraction of sp³-hybridized carbons (Fsp3) is 0.421. The van der Waals surface area contributed by atoms with Gasteiger partial charge < -0.3 is 4.90 Å². The van der Waals surface area contributed by atoms with Gasteiger partial charge in [0, 0.05) is 36.5 Å². The van der Waals surface area contributed by atoms with Crippen LogP contribution in [0.15, 0.2) is 47.8 Å². The van der Waals surface area contributed by atoms with E-state index < -0.39 is 4.92 Å². The van der Waals surface area contributed by atoms with Crippen molar-refractivity contribution < 1.29 is 9.72 Å². The number of hydrazine groups is 1. The van der Waals surface area contributed by atoms with Crippen LogP contribution in [-0.4, -0.2) is 28.8 Å². The molecule has 1 fully saturated rings. The van der Waals surface area contributed by atoms with E-state index >= 15 is 0 Å². The highest BCUT2D eigenvalue weighted by Crippen LogP contribution is 2.35. The van der Waals surface area contributed by atoms with E-state index in [4.69, 9.17) is 0 Å². The highest BCUT2D eigenvalue weighted by Gasteiger charge is 2.26. The summed E-state index contributed by atoms with van der Waals surface area (Å²) in [5.41, 5.74) is 8.15. The van der Waals surface area contributed by atoms with Gasteiger partial charge in [0.25, 0.3) is 11.6 Å². The number of likely N-dealkylation sites (tertiary alicyclic amines) is 1. The summed E-state index contributed by atoms with van der Waals surface area (Å²) in [6.07, 6.45) is 7.63. The van der Waals surface area contributed by atoms with Gasteiger partial charge in [-0.05, 0) is 42.9 Å². The van der Waals surface area contributed by atoms with Crippen molar-refractivity contribution in [3.63, 3.8) is 0 Å². The van der Waals surface area contributed by atoms with Gasteiger partial charge in [-0.25, -0.2) is 0 Å². The Morgan fingerprint density at radius 2 is 1.85 bits per heavy atom. The summed E-state index contributed by atoms with van der Waals surface area (Å²) in [6, 6.07) is 5.53. The van der Waals surface area contributed by atoms with Crippen molar-refractivity contribution in [1.29, 1.82) is 0 Å². The lowest BCUT2D eigenvalue weighted by atomic mass is 9.83. The van der Waals surface area contributed by atoms with Crippen LogP contribution in [0.2, 0.25) is 0 Å². The molecule has 0 atom stereocenters. The van der Waals surface area contributed by atoms with E-state index in [9.17, 15) is 14.9 Å². The molecule has 138 valence electrons. The topological polar surface area (TPSA) is 87.5 Å². The molecule has 1 amide bonds. The van der Waals surface area contributed by atoms with Gasteiger partial charge in [-0.2, -0.15) is 0 Å². The lowest BCUT2D eigenvalue weighted by molar-refractivity contribution is -0.384. The second-order valence-corrected chi connectivity index (χ2v) is 7.48. The number of hydrogen-bond acceptors (Lipinski definition) is 5. The number of rotatable bonds is 5. The Hall–Kier alpha value is -2.83. The fourth-order valence-electron chi connectivity index (χ4n) is 3.43. The highest BCUT2D eigenvalue weighted by atomic mass is 16.6. The molecule has 0 bridgehead atoms. The van der Waals surface area contributed by atoms with Crippen LogP contribution in [-0.2, 0) is 0 Å². The summed E-state index contributed by atoms with van der Waals surface area (Å²) >= 11 is 0. The number of nitro benzene ring substituents is 1. The lowest BCUT2D eigenvalue weighted by Gasteiger charge is -2.33. The third kappa shape index (κ3) is 4.22. The molecule has 0 radical (unpaired) electrons. The van der Waals surface area contributed by atoms with Crippen molar-refractivity contribution in [2.45, 2.75) is 33.1 Å². The maximum atomic E-state index is 12.3. The van der Waals surface area contributed by atoms with Crippen molar-refractivity contribution in [2.24, 2.45) is 5.41 Å². The molecule has 7 heteroatoms. The zero-order chi connectivity index (χ0) is 18.7. The summed E-state index contributed by atoms with van der Waals surface area (Å²) in [4.78, 5) is 24.9. The zero-order valence-electron chi connectivity index (χ0n) is 15.1. The molecule has 1 aromatic carbocycles. The fourth-order valence-corrected chi connectivity index (χ4v) is 3.43. The Morgan fingerprint density at radius 1 is 1.19 bits per heavy atom. The van der Waals surface area contributed by atoms with E-state index in [1.165, 1.54) is 42.8 Å². The smallest absolute Gasteiger partial charge is 0.269 e. The predicted molar refractivity (Wildman–Crippen MR) is 99.1 cm³/mol. The first kappa shape index (κ1) is 18.0. The molecule has 1 aromatic rings. The van der Waals surface area contributed by atoms with E-state index in [-0.39, 0.29) is 17.0 Å². The van der Waals surface area contributed by atoms with Gasteiger partial charge in [0.05, 0.1) is 10.6 Å². The normalized spacial score (nSPS) is 18.8. The molecule has 3 rings (SSSR count). The molecular formula is C19H24N4O3. The standard InChI is InChI=1S/C19H24N4O3/c1-19(2)12-15(11-17(13-19)22-9-3-4-10-22)20-21-18(24)14-5-7-16(8-6-14)23(25)26/h5-8,11-12,20H,3-4,9-10,13H2,1-2H3,(H,21,24). The van der Waals surface area contributed by atoms with Crippen molar-refractivity contribution >= 4 is 11.6 Å². The summed E-state index contributed by atoms with van der Waals surface area (Å²) in [5, 5.41) is 10.7. The Bertz CT molecular complexity index is 759.